The quantitative estimate of drug-likeness (QED) is 0.0332. The molecule has 2 aromatic rings. The van der Waals surface area contributed by atoms with Crippen molar-refractivity contribution in [2.45, 2.75) is 276 Å². The second-order valence-electron chi connectivity index (χ2n) is 20.8. The third kappa shape index (κ3) is 29.8. The van der Waals surface area contributed by atoms with Gasteiger partial charge in [-0.3, -0.25) is 14.1 Å². The molecule has 3 N–H and O–H groups in total. The summed E-state index contributed by atoms with van der Waals surface area (Å²) < 4.78 is 45.7. The van der Waals surface area contributed by atoms with Crippen molar-refractivity contribution in [3.8, 4) is 11.5 Å². The van der Waals surface area contributed by atoms with Crippen LogP contribution in [0.3, 0.4) is 0 Å². The first-order chi connectivity index (χ1) is 35.2. The number of hydrogen-bond acceptors (Lipinski definition) is 10. The summed E-state index contributed by atoms with van der Waals surface area (Å²) >= 11 is 0. The van der Waals surface area contributed by atoms with Gasteiger partial charge < -0.3 is 34.1 Å². The van der Waals surface area contributed by atoms with Crippen LogP contribution >= 0.6 is 7.82 Å². The van der Waals surface area contributed by atoms with Crippen LogP contribution in [-0.4, -0.2) is 65.8 Å². The smallest absolute Gasteiger partial charge is 0.457 e. The van der Waals surface area contributed by atoms with E-state index in [4.69, 9.17) is 23.0 Å². The average Bonchev–Trinajstić information content (AvgIpc) is 3.37. The van der Waals surface area contributed by atoms with E-state index >= 15 is 0 Å². The minimum absolute atomic E-state index is 0.108. The maximum Gasteiger partial charge on any atom is 0.588 e. The first-order valence-electron chi connectivity index (χ1n) is 29.4. The summed E-state index contributed by atoms with van der Waals surface area (Å²) in [6.07, 6.45) is 34.4. The van der Waals surface area contributed by atoms with E-state index in [0.29, 0.717) is 6.42 Å². The predicted octanol–water partition coefficient (Wildman–Crippen LogP) is 16.1. The second kappa shape index (κ2) is 41.3. The van der Waals surface area contributed by atoms with Gasteiger partial charge in [-0.2, -0.15) is 0 Å². The molecule has 0 aromatic heterocycles. The fraction of sp³-hybridized carbons (Fsp3) is 0.767. The molecule has 3 rings (SSSR count). The molecular weight excluding hydrogens is 926 g/mol. The molecule has 11 nitrogen and oxygen atoms in total. The van der Waals surface area contributed by atoms with E-state index in [9.17, 15) is 24.4 Å². The first kappa shape index (κ1) is 63.3. The van der Waals surface area contributed by atoms with E-state index < -0.39 is 56.8 Å². The van der Waals surface area contributed by atoms with E-state index in [-0.39, 0.29) is 36.9 Å². The highest BCUT2D eigenvalue weighted by Gasteiger charge is 2.50. The summed E-state index contributed by atoms with van der Waals surface area (Å²) in [5.74, 6) is -0.361. The standard InChI is InChI=1S/C60H102NO10P/c1-4-7-10-13-16-19-20-21-24-26-29-34-41-51(40-33-28-25-22-17-14-11-8-5-2)47-58(65)68-59-55(61-57(64)48-52(63)42-35-30-27-23-18-15-12-9-6-3)50-67-56(49-62)60(59)71-72(66,69-53-43-36-31-37-44-53)70-54-45-38-32-39-46-54/h31-32,36-39,43-46,51-52,55-56,59-60,62-63H,4-30,33-35,40-42,47-50H2,1-3H3,(H,61,64)/t51?,52-,55+,56-,59-,60-/m1/s1. The van der Waals surface area contributed by atoms with Gasteiger partial charge in [0, 0.05) is 6.42 Å². The lowest BCUT2D eigenvalue weighted by atomic mass is 9.91. The number of phosphoric acid groups is 1. The van der Waals surface area contributed by atoms with Gasteiger partial charge >= 0.3 is 13.8 Å². The number of amides is 1. The third-order valence-electron chi connectivity index (χ3n) is 14.2. The van der Waals surface area contributed by atoms with Crippen molar-refractivity contribution >= 4 is 19.7 Å². The van der Waals surface area contributed by atoms with E-state index in [0.717, 1.165) is 57.8 Å². The van der Waals surface area contributed by atoms with Crippen LogP contribution in [0.4, 0.5) is 0 Å². The first-order valence-corrected chi connectivity index (χ1v) is 30.8. The molecule has 1 aliphatic rings. The van der Waals surface area contributed by atoms with Crippen molar-refractivity contribution < 1.29 is 47.4 Å². The van der Waals surface area contributed by atoms with Gasteiger partial charge in [-0.1, -0.05) is 250 Å². The molecule has 0 aliphatic carbocycles. The lowest BCUT2D eigenvalue weighted by Gasteiger charge is -2.42. The number of unbranched alkanes of at least 4 members (excludes halogenated alkanes) is 27. The summed E-state index contributed by atoms with van der Waals surface area (Å²) in [6.45, 7) is 6.05. The van der Waals surface area contributed by atoms with Crippen LogP contribution in [0, 0.1) is 5.92 Å². The molecule has 72 heavy (non-hydrogen) atoms. The number of aliphatic hydroxyl groups excluding tert-OH is 2. The number of para-hydroxylation sites is 2. The molecule has 1 fully saturated rings. The summed E-state index contributed by atoms with van der Waals surface area (Å²) in [5.41, 5.74) is 0. The fourth-order valence-electron chi connectivity index (χ4n) is 9.92. The molecule has 0 bridgehead atoms. The number of nitrogens with one attached hydrogen (secondary N) is 1. The Morgan fingerprint density at radius 3 is 1.36 bits per heavy atom. The zero-order valence-corrected chi connectivity index (χ0v) is 46.4. The van der Waals surface area contributed by atoms with Crippen molar-refractivity contribution in [3.63, 3.8) is 0 Å². The Hall–Kier alpha value is -2.95. The van der Waals surface area contributed by atoms with Gasteiger partial charge in [0.1, 0.15) is 23.7 Å². The van der Waals surface area contributed by atoms with Crippen molar-refractivity contribution in [3.05, 3.63) is 60.7 Å². The third-order valence-corrected chi connectivity index (χ3v) is 15.6. The number of phosphoric ester groups is 1. The van der Waals surface area contributed by atoms with Gasteiger partial charge in [0.25, 0.3) is 0 Å². The van der Waals surface area contributed by atoms with Crippen molar-refractivity contribution in [1.29, 1.82) is 0 Å². The molecule has 412 valence electrons. The number of benzene rings is 2. The lowest BCUT2D eigenvalue weighted by Crippen LogP contribution is -2.62. The van der Waals surface area contributed by atoms with Gasteiger partial charge in [-0.15, -0.1) is 0 Å². The molecule has 1 saturated heterocycles. The van der Waals surface area contributed by atoms with Crippen molar-refractivity contribution in [1.82, 2.24) is 5.32 Å². The van der Waals surface area contributed by atoms with Gasteiger partial charge in [-0.25, -0.2) is 4.57 Å². The summed E-state index contributed by atoms with van der Waals surface area (Å²) in [5, 5.41) is 24.7. The van der Waals surface area contributed by atoms with Crippen LogP contribution in [-0.2, 0) is 28.2 Å². The minimum Gasteiger partial charge on any atom is -0.457 e. The van der Waals surface area contributed by atoms with Crippen molar-refractivity contribution in [2.24, 2.45) is 5.92 Å². The van der Waals surface area contributed by atoms with E-state index in [1.165, 1.54) is 148 Å². The Bertz CT molecular complexity index is 1610. The lowest BCUT2D eigenvalue weighted by molar-refractivity contribution is -0.188. The molecule has 0 saturated carbocycles. The zero-order valence-electron chi connectivity index (χ0n) is 45.5. The number of ether oxygens (including phenoxy) is 2. The SMILES string of the molecule is CCCCCCCCCCCCCCC(CCCCCCCCCCC)CC(=O)O[C@H]1[C@H](OP(=O)(Oc2ccccc2)Oc2ccccc2)[C@@H](CO)OC[C@@H]1NC(=O)C[C@H](O)CCCCCCCCCCC. The number of hydrogen-bond donors (Lipinski definition) is 3. The number of rotatable bonds is 46. The predicted molar refractivity (Wildman–Crippen MR) is 293 cm³/mol. The average molecular weight is 1030 g/mol. The van der Waals surface area contributed by atoms with Gasteiger partial charge in [0.05, 0.1) is 31.8 Å². The molecule has 1 amide bonds. The van der Waals surface area contributed by atoms with E-state index in [1.807, 2.05) is 0 Å². The Morgan fingerprint density at radius 1 is 0.569 bits per heavy atom. The van der Waals surface area contributed by atoms with Crippen LogP contribution in [0.1, 0.15) is 245 Å². The topological polar surface area (TPSA) is 150 Å². The largest absolute Gasteiger partial charge is 0.588 e. The molecule has 6 atom stereocenters. The second-order valence-corrected chi connectivity index (χ2v) is 22.3. The molecule has 12 heteroatoms. The molecular formula is C60H102NO10P. The van der Waals surface area contributed by atoms with Gasteiger partial charge in [0.15, 0.2) is 6.10 Å². The molecule has 1 heterocycles. The minimum atomic E-state index is -4.61. The number of esters is 1. The fourth-order valence-corrected chi connectivity index (χ4v) is 11.4. The van der Waals surface area contributed by atoms with E-state index in [2.05, 4.69) is 26.1 Å². The number of aliphatic hydroxyl groups is 2. The molecule has 1 aliphatic heterocycles. The Kier molecular flexibility index (Phi) is 36.3. The summed E-state index contributed by atoms with van der Waals surface area (Å²) in [7, 11) is -4.61. The molecule has 0 radical (unpaired) electrons. The summed E-state index contributed by atoms with van der Waals surface area (Å²) in [4.78, 5) is 28.1. The maximum atomic E-state index is 14.9. The monoisotopic (exact) mass is 1030 g/mol. The van der Waals surface area contributed by atoms with Gasteiger partial charge in [0.2, 0.25) is 5.91 Å². The van der Waals surface area contributed by atoms with E-state index in [1.54, 1.807) is 60.7 Å². The highest BCUT2D eigenvalue weighted by atomic mass is 31.2. The Morgan fingerprint density at radius 2 is 0.958 bits per heavy atom. The van der Waals surface area contributed by atoms with Crippen LogP contribution in [0.5, 0.6) is 11.5 Å². The number of carbonyl (C=O) groups excluding carboxylic acids is 2. The summed E-state index contributed by atoms with van der Waals surface area (Å²) in [6, 6.07) is 16.0. The highest BCUT2D eigenvalue weighted by Crippen LogP contribution is 2.52. The normalized spacial score (nSPS) is 17.8. The van der Waals surface area contributed by atoms with Crippen LogP contribution in [0.25, 0.3) is 0 Å². The molecule has 0 spiro atoms. The Balaban J connectivity index is 1.76. The molecule has 2 aromatic carbocycles. The van der Waals surface area contributed by atoms with Gasteiger partial charge in [-0.05, 0) is 49.4 Å². The van der Waals surface area contributed by atoms with Crippen molar-refractivity contribution in [2.75, 3.05) is 13.2 Å². The van der Waals surface area contributed by atoms with Crippen LogP contribution in [0.15, 0.2) is 60.7 Å². The van der Waals surface area contributed by atoms with Crippen LogP contribution < -0.4 is 14.4 Å². The van der Waals surface area contributed by atoms with Crippen LogP contribution in [0.2, 0.25) is 0 Å². The highest BCUT2D eigenvalue weighted by molar-refractivity contribution is 7.49. The maximum absolute atomic E-state index is 14.9. The molecule has 1 unspecified atom stereocenters. The zero-order chi connectivity index (χ0) is 51.8. The number of carbonyl (C=O) groups is 2. The Labute approximate surface area is 438 Å².